The molecule has 0 bridgehead atoms. The molecule has 2 aromatic rings. The Morgan fingerprint density at radius 3 is 2.74 bits per heavy atom. The fraction of sp³-hybridized carbons (Fsp3) is 0.214. The van der Waals surface area contributed by atoms with E-state index in [1.165, 1.54) is 5.56 Å². The first-order valence-electron chi connectivity index (χ1n) is 5.97. The number of nitrogens with one attached hydrogen (secondary N) is 1. The predicted octanol–water partition coefficient (Wildman–Crippen LogP) is 2.91. The number of nitrogen functional groups attached to an aromatic ring is 1. The average molecular weight is 263 g/mol. The molecule has 0 aliphatic heterocycles. The Kier molecular flexibility index (Phi) is 3.94. The van der Waals surface area contributed by atoms with Crippen LogP contribution in [0.25, 0.3) is 0 Å². The summed E-state index contributed by atoms with van der Waals surface area (Å²) in [7, 11) is 0. The molecular formula is C14H15F2N3. The van der Waals surface area contributed by atoms with Crippen LogP contribution in [0.4, 0.5) is 20.4 Å². The average Bonchev–Trinajstić information content (AvgIpc) is 2.35. The Hall–Kier alpha value is -2.17. The number of aromatic nitrogens is 1. The van der Waals surface area contributed by atoms with Crippen molar-refractivity contribution < 1.29 is 8.78 Å². The first kappa shape index (κ1) is 13.3. The van der Waals surface area contributed by atoms with Gasteiger partial charge in [0, 0.05) is 12.6 Å². The van der Waals surface area contributed by atoms with Crippen LogP contribution in [0, 0.1) is 18.6 Å². The first-order valence-corrected chi connectivity index (χ1v) is 5.97. The molecule has 0 aliphatic carbocycles. The highest BCUT2D eigenvalue weighted by Crippen LogP contribution is 2.16. The second-order valence-corrected chi connectivity index (χ2v) is 4.35. The number of nitrogens with two attached hydrogens (primary N) is 1. The van der Waals surface area contributed by atoms with Crippen molar-refractivity contribution in [1.82, 2.24) is 4.98 Å². The smallest absolute Gasteiger partial charge is 0.168 e. The maximum Gasteiger partial charge on any atom is 0.168 e. The molecule has 0 atom stereocenters. The molecule has 0 fully saturated rings. The maximum absolute atomic E-state index is 13.4. The number of anilines is 2. The molecule has 0 radical (unpaired) electrons. The van der Waals surface area contributed by atoms with Gasteiger partial charge in [0.25, 0.3) is 0 Å². The van der Waals surface area contributed by atoms with E-state index in [4.69, 9.17) is 5.73 Å². The number of rotatable bonds is 4. The molecule has 0 spiro atoms. The van der Waals surface area contributed by atoms with Gasteiger partial charge in [-0.2, -0.15) is 0 Å². The summed E-state index contributed by atoms with van der Waals surface area (Å²) in [6.07, 6.45) is 0.722. The van der Waals surface area contributed by atoms with E-state index < -0.39 is 11.6 Å². The quantitative estimate of drug-likeness (QED) is 0.891. The van der Waals surface area contributed by atoms with Crippen molar-refractivity contribution in [2.24, 2.45) is 0 Å². The Morgan fingerprint density at radius 1 is 1.21 bits per heavy atom. The summed E-state index contributed by atoms with van der Waals surface area (Å²) in [4.78, 5) is 3.64. The van der Waals surface area contributed by atoms with Crippen molar-refractivity contribution in [3.8, 4) is 0 Å². The Balaban J connectivity index is 1.98. The fourth-order valence-electron chi connectivity index (χ4n) is 1.80. The van der Waals surface area contributed by atoms with Crippen LogP contribution in [0.3, 0.4) is 0 Å². The lowest BCUT2D eigenvalue weighted by molar-refractivity contribution is 0.579. The molecule has 0 aliphatic rings. The van der Waals surface area contributed by atoms with Gasteiger partial charge in [0.1, 0.15) is 0 Å². The molecule has 19 heavy (non-hydrogen) atoms. The molecule has 1 aromatic carbocycles. The van der Waals surface area contributed by atoms with Crippen molar-refractivity contribution in [3.63, 3.8) is 0 Å². The number of nitrogens with zero attached hydrogens (tertiary/aromatic N) is 1. The molecule has 100 valence electrons. The zero-order valence-electron chi connectivity index (χ0n) is 10.6. The van der Waals surface area contributed by atoms with Gasteiger partial charge in [-0.1, -0.05) is 29.8 Å². The van der Waals surface area contributed by atoms with Crippen LogP contribution >= 0.6 is 0 Å². The zero-order valence-corrected chi connectivity index (χ0v) is 10.6. The lowest BCUT2D eigenvalue weighted by Gasteiger charge is -2.08. The Morgan fingerprint density at radius 2 is 2.00 bits per heavy atom. The van der Waals surface area contributed by atoms with Crippen LogP contribution in [0.2, 0.25) is 0 Å². The maximum atomic E-state index is 13.4. The highest BCUT2D eigenvalue weighted by Gasteiger charge is 2.08. The third kappa shape index (κ3) is 3.40. The minimum Gasteiger partial charge on any atom is -0.381 e. The van der Waals surface area contributed by atoms with Gasteiger partial charge in [-0.25, -0.2) is 13.8 Å². The molecule has 0 unspecified atom stereocenters. The minimum atomic E-state index is -0.846. The Labute approximate surface area is 110 Å². The van der Waals surface area contributed by atoms with E-state index in [1.807, 2.05) is 25.1 Å². The third-order valence-corrected chi connectivity index (χ3v) is 2.75. The molecule has 0 amide bonds. The Bertz CT molecular complexity index is 585. The monoisotopic (exact) mass is 263 g/mol. The molecule has 0 saturated heterocycles. The standard InChI is InChI=1S/C14H15F2N3/c1-9-3-2-4-10(7-9)5-6-18-14-12(16)8-11(15)13(17)19-14/h2-4,7-8H,5-6H2,1H3,(H3,17,18,19). The number of pyridine rings is 1. The van der Waals surface area contributed by atoms with Gasteiger partial charge in [0.15, 0.2) is 23.3 Å². The number of benzene rings is 1. The molecule has 2 rings (SSSR count). The van der Waals surface area contributed by atoms with E-state index in [9.17, 15) is 8.78 Å². The SMILES string of the molecule is Cc1cccc(CCNc2nc(N)c(F)cc2F)c1. The molecule has 3 nitrogen and oxygen atoms in total. The summed E-state index contributed by atoms with van der Waals surface area (Å²) >= 11 is 0. The van der Waals surface area contributed by atoms with Gasteiger partial charge in [-0.15, -0.1) is 0 Å². The number of halogens is 2. The van der Waals surface area contributed by atoms with Crippen LogP contribution in [-0.4, -0.2) is 11.5 Å². The summed E-state index contributed by atoms with van der Waals surface area (Å²) in [6, 6.07) is 8.78. The van der Waals surface area contributed by atoms with Crippen LogP contribution in [0.1, 0.15) is 11.1 Å². The second kappa shape index (κ2) is 5.65. The van der Waals surface area contributed by atoms with Crippen LogP contribution < -0.4 is 11.1 Å². The fourth-order valence-corrected chi connectivity index (χ4v) is 1.80. The summed E-state index contributed by atoms with van der Waals surface area (Å²) in [5.74, 6) is -1.91. The van der Waals surface area contributed by atoms with E-state index in [-0.39, 0.29) is 11.6 Å². The van der Waals surface area contributed by atoms with Gasteiger partial charge in [0.2, 0.25) is 0 Å². The molecule has 1 aromatic heterocycles. The van der Waals surface area contributed by atoms with E-state index >= 15 is 0 Å². The van der Waals surface area contributed by atoms with E-state index in [1.54, 1.807) is 0 Å². The summed E-state index contributed by atoms with van der Waals surface area (Å²) in [5.41, 5.74) is 7.62. The largest absolute Gasteiger partial charge is 0.381 e. The van der Waals surface area contributed by atoms with Crippen molar-refractivity contribution in [1.29, 1.82) is 0 Å². The normalized spacial score (nSPS) is 10.5. The topological polar surface area (TPSA) is 50.9 Å². The van der Waals surface area contributed by atoms with Crippen LogP contribution in [0.15, 0.2) is 30.3 Å². The lowest BCUT2D eigenvalue weighted by atomic mass is 10.1. The van der Waals surface area contributed by atoms with E-state index in [2.05, 4.69) is 16.4 Å². The van der Waals surface area contributed by atoms with Gasteiger partial charge < -0.3 is 11.1 Å². The molecule has 1 heterocycles. The molecule has 0 saturated carbocycles. The minimum absolute atomic E-state index is 0.0217. The predicted molar refractivity (Wildman–Crippen MR) is 71.9 cm³/mol. The van der Waals surface area contributed by atoms with Crippen molar-refractivity contribution in [2.75, 3.05) is 17.6 Å². The van der Waals surface area contributed by atoms with Gasteiger partial charge in [-0.05, 0) is 18.9 Å². The zero-order chi connectivity index (χ0) is 13.8. The van der Waals surface area contributed by atoms with Crippen LogP contribution in [-0.2, 0) is 6.42 Å². The highest BCUT2D eigenvalue weighted by atomic mass is 19.1. The second-order valence-electron chi connectivity index (χ2n) is 4.35. The lowest BCUT2D eigenvalue weighted by Crippen LogP contribution is -2.10. The number of hydrogen-bond acceptors (Lipinski definition) is 3. The van der Waals surface area contributed by atoms with E-state index in [0.717, 1.165) is 18.1 Å². The van der Waals surface area contributed by atoms with Crippen molar-refractivity contribution in [3.05, 3.63) is 53.1 Å². The van der Waals surface area contributed by atoms with E-state index in [0.29, 0.717) is 6.54 Å². The number of hydrogen-bond donors (Lipinski definition) is 2. The summed E-state index contributed by atoms with van der Waals surface area (Å²) in [6.45, 7) is 2.51. The molecule has 5 heteroatoms. The first-order chi connectivity index (χ1) is 9.06. The third-order valence-electron chi connectivity index (χ3n) is 2.75. The molecular weight excluding hydrogens is 248 g/mol. The summed E-state index contributed by atoms with van der Waals surface area (Å²) in [5, 5.41) is 2.82. The van der Waals surface area contributed by atoms with Crippen molar-refractivity contribution in [2.45, 2.75) is 13.3 Å². The van der Waals surface area contributed by atoms with Gasteiger partial charge >= 0.3 is 0 Å². The number of aryl methyl sites for hydroxylation is 1. The van der Waals surface area contributed by atoms with Crippen LogP contribution in [0.5, 0.6) is 0 Å². The van der Waals surface area contributed by atoms with Gasteiger partial charge in [-0.3, -0.25) is 0 Å². The van der Waals surface area contributed by atoms with Crippen molar-refractivity contribution >= 4 is 11.6 Å². The summed E-state index contributed by atoms with van der Waals surface area (Å²) < 4.78 is 26.3. The highest BCUT2D eigenvalue weighted by molar-refractivity contribution is 5.44. The molecule has 3 N–H and O–H groups in total. The van der Waals surface area contributed by atoms with Gasteiger partial charge in [0.05, 0.1) is 0 Å².